The Hall–Kier alpha value is -2.21. The number of nitrogens with two attached hydrogens (primary N) is 1. The van der Waals surface area contributed by atoms with Crippen molar-refractivity contribution in [3.63, 3.8) is 0 Å². The van der Waals surface area contributed by atoms with Gasteiger partial charge >= 0.3 is 0 Å². The summed E-state index contributed by atoms with van der Waals surface area (Å²) < 4.78 is 1.03. The van der Waals surface area contributed by atoms with Crippen LogP contribution in [-0.2, 0) is 0 Å². The minimum Gasteiger partial charge on any atom is -0.383 e. The minimum atomic E-state index is -0.197. The maximum atomic E-state index is 6.10. The average Bonchev–Trinajstić information content (AvgIpc) is 2.92. The van der Waals surface area contributed by atoms with Gasteiger partial charge in [-0.3, -0.25) is 0 Å². The van der Waals surface area contributed by atoms with E-state index in [0.29, 0.717) is 5.82 Å². The lowest BCUT2D eigenvalue weighted by Gasteiger charge is -2.30. The third-order valence-corrected chi connectivity index (χ3v) is 4.25. The van der Waals surface area contributed by atoms with Crippen LogP contribution in [0.25, 0.3) is 0 Å². The van der Waals surface area contributed by atoms with Crippen LogP contribution in [0.15, 0.2) is 79.8 Å². The Kier molecular flexibility index (Phi) is 2.78. The molecule has 104 valence electrons. The highest BCUT2D eigenvalue weighted by Gasteiger charge is 2.38. The molecule has 0 radical (unpaired) electrons. The van der Waals surface area contributed by atoms with E-state index in [-0.39, 0.29) is 12.1 Å². The van der Waals surface area contributed by atoms with E-state index in [1.807, 2.05) is 47.5 Å². The number of benzene rings is 1. The first-order valence-electron chi connectivity index (χ1n) is 6.62. The Balaban J connectivity index is 1.77. The van der Waals surface area contributed by atoms with Crippen molar-refractivity contribution >= 4 is 21.8 Å². The van der Waals surface area contributed by atoms with Gasteiger partial charge in [-0.2, -0.15) is 5.11 Å². The summed E-state index contributed by atoms with van der Waals surface area (Å²) in [6.45, 7) is 0. The average molecular weight is 342 g/mol. The van der Waals surface area contributed by atoms with Crippen molar-refractivity contribution in [3.05, 3.63) is 70.0 Å². The smallest absolute Gasteiger partial charge is 0.161 e. The molecule has 2 unspecified atom stereocenters. The fourth-order valence-electron chi connectivity index (χ4n) is 2.67. The van der Waals surface area contributed by atoms with Gasteiger partial charge in [-0.15, -0.1) is 0 Å². The van der Waals surface area contributed by atoms with Gasteiger partial charge in [0.2, 0.25) is 0 Å². The maximum Gasteiger partial charge on any atom is 0.161 e. The lowest BCUT2D eigenvalue weighted by Crippen LogP contribution is -2.40. The van der Waals surface area contributed by atoms with Crippen molar-refractivity contribution in [1.82, 2.24) is 5.01 Å². The van der Waals surface area contributed by atoms with E-state index >= 15 is 0 Å². The van der Waals surface area contributed by atoms with Crippen LogP contribution in [0.5, 0.6) is 0 Å². The largest absolute Gasteiger partial charge is 0.383 e. The molecule has 2 heterocycles. The van der Waals surface area contributed by atoms with Gasteiger partial charge in [0, 0.05) is 10.0 Å². The lowest BCUT2D eigenvalue weighted by atomic mass is 9.98. The molecule has 0 spiro atoms. The van der Waals surface area contributed by atoms with E-state index in [1.54, 1.807) is 0 Å². The summed E-state index contributed by atoms with van der Waals surface area (Å²) in [4.78, 5) is 4.52. The zero-order valence-electron chi connectivity index (χ0n) is 11.0. The molecule has 21 heavy (non-hydrogen) atoms. The topological polar surface area (TPSA) is 66.3 Å². The van der Waals surface area contributed by atoms with E-state index in [9.17, 15) is 0 Å². The standard InChI is InChI=1S/C15H12BrN5/c16-10-7-5-9(6-8-10)13-15-18-14(17)11-3-1-2-4-12(11)21(15)20-19-13/h1-8,12-13H,17H2. The van der Waals surface area contributed by atoms with Crippen molar-refractivity contribution in [2.45, 2.75) is 12.1 Å². The summed E-state index contributed by atoms with van der Waals surface area (Å²) in [6, 6.07) is 7.82. The van der Waals surface area contributed by atoms with E-state index in [1.165, 1.54) is 0 Å². The second-order valence-corrected chi connectivity index (χ2v) is 5.92. The molecule has 2 N–H and O–H groups in total. The van der Waals surface area contributed by atoms with Gasteiger partial charge in [0.05, 0.1) is 0 Å². The minimum absolute atomic E-state index is 0.00769. The predicted octanol–water partition coefficient (Wildman–Crippen LogP) is 3.25. The van der Waals surface area contributed by atoms with Gasteiger partial charge in [0.15, 0.2) is 11.9 Å². The van der Waals surface area contributed by atoms with Gasteiger partial charge < -0.3 is 5.73 Å². The number of nitrogens with zero attached hydrogens (tertiary/aromatic N) is 4. The quantitative estimate of drug-likeness (QED) is 0.851. The Labute approximate surface area is 130 Å². The van der Waals surface area contributed by atoms with Crippen molar-refractivity contribution in [2.75, 3.05) is 0 Å². The number of aliphatic imine (C=N–C) groups is 1. The molecule has 2 atom stereocenters. The van der Waals surface area contributed by atoms with E-state index in [4.69, 9.17) is 5.73 Å². The summed E-state index contributed by atoms with van der Waals surface area (Å²) in [5.41, 5.74) is 8.12. The van der Waals surface area contributed by atoms with Crippen molar-refractivity contribution in [3.8, 4) is 0 Å². The molecule has 4 rings (SSSR count). The highest BCUT2D eigenvalue weighted by Crippen LogP contribution is 2.36. The molecular formula is C15H12BrN5. The number of fused-ring (bicyclic) bond motifs is 3. The molecule has 1 aromatic carbocycles. The Morgan fingerprint density at radius 1 is 1.14 bits per heavy atom. The lowest BCUT2D eigenvalue weighted by molar-refractivity contribution is 0.401. The third kappa shape index (κ3) is 1.94. The van der Waals surface area contributed by atoms with E-state index in [2.05, 4.69) is 37.3 Å². The molecule has 0 bridgehead atoms. The molecular weight excluding hydrogens is 330 g/mol. The number of halogens is 1. The van der Waals surface area contributed by atoms with Crippen LogP contribution >= 0.6 is 15.9 Å². The van der Waals surface area contributed by atoms with E-state index in [0.717, 1.165) is 21.4 Å². The van der Waals surface area contributed by atoms with Crippen LogP contribution in [0.2, 0.25) is 0 Å². The number of rotatable bonds is 1. The van der Waals surface area contributed by atoms with Crippen LogP contribution in [0.4, 0.5) is 0 Å². The molecule has 1 aromatic rings. The number of hydrogen-bond donors (Lipinski definition) is 1. The highest BCUT2D eigenvalue weighted by atomic mass is 79.9. The zero-order chi connectivity index (χ0) is 14.4. The Morgan fingerprint density at radius 2 is 1.95 bits per heavy atom. The first kappa shape index (κ1) is 12.5. The summed E-state index contributed by atoms with van der Waals surface area (Å²) >= 11 is 3.44. The van der Waals surface area contributed by atoms with Crippen LogP contribution in [0.3, 0.4) is 0 Å². The Morgan fingerprint density at radius 3 is 2.76 bits per heavy atom. The predicted molar refractivity (Wildman–Crippen MR) is 84.3 cm³/mol. The number of hydrogen-bond acceptors (Lipinski definition) is 5. The molecule has 5 nitrogen and oxygen atoms in total. The Bertz CT molecular complexity index is 742. The molecule has 2 aliphatic heterocycles. The van der Waals surface area contributed by atoms with Gasteiger partial charge in [-0.05, 0) is 17.7 Å². The summed E-state index contributed by atoms with van der Waals surface area (Å²) in [5.74, 6) is 1.32. The summed E-state index contributed by atoms with van der Waals surface area (Å²) in [7, 11) is 0. The normalized spacial score (nSPS) is 26.0. The summed E-state index contributed by atoms with van der Waals surface area (Å²) in [6.07, 6.45) is 7.98. The number of amidine groups is 1. The molecule has 0 saturated heterocycles. The van der Waals surface area contributed by atoms with Crippen molar-refractivity contribution in [1.29, 1.82) is 0 Å². The second-order valence-electron chi connectivity index (χ2n) is 5.00. The first-order chi connectivity index (χ1) is 10.2. The maximum absolute atomic E-state index is 6.10. The molecule has 0 aromatic heterocycles. The fourth-order valence-corrected chi connectivity index (χ4v) is 2.93. The van der Waals surface area contributed by atoms with Crippen molar-refractivity contribution < 1.29 is 0 Å². The highest BCUT2D eigenvalue weighted by molar-refractivity contribution is 9.10. The molecule has 3 aliphatic rings. The molecule has 1 aliphatic carbocycles. The van der Waals surface area contributed by atoms with Gasteiger partial charge in [0.1, 0.15) is 11.9 Å². The SMILES string of the molecule is NC1=C2C=CC=CC2N2N=NC(c3ccc(Br)cc3)C2=N1. The van der Waals surface area contributed by atoms with Gasteiger partial charge in [0.25, 0.3) is 0 Å². The summed E-state index contributed by atoms with van der Waals surface area (Å²) in [5, 5.41) is 10.5. The van der Waals surface area contributed by atoms with Crippen LogP contribution in [-0.4, -0.2) is 16.9 Å². The molecule has 0 fully saturated rings. The molecule has 6 heteroatoms. The van der Waals surface area contributed by atoms with Crippen LogP contribution < -0.4 is 5.73 Å². The van der Waals surface area contributed by atoms with Gasteiger partial charge in [-0.1, -0.05) is 57.6 Å². The monoisotopic (exact) mass is 341 g/mol. The second kappa shape index (κ2) is 4.66. The van der Waals surface area contributed by atoms with Crippen LogP contribution in [0.1, 0.15) is 11.6 Å². The van der Waals surface area contributed by atoms with Crippen molar-refractivity contribution in [2.24, 2.45) is 21.1 Å². The number of allylic oxidation sites excluding steroid dienone is 2. The fraction of sp³-hybridized carbons (Fsp3) is 0.133. The molecule has 0 saturated carbocycles. The molecule has 0 amide bonds. The zero-order valence-corrected chi connectivity index (χ0v) is 12.6. The van der Waals surface area contributed by atoms with Crippen LogP contribution in [0, 0.1) is 0 Å². The van der Waals surface area contributed by atoms with E-state index < -0.39 is 0 Å². The van der Waals surface area contributed by atoms with Gasteiger partial charge in [-0.25, -0.2) is 10.0 Å². The first-order valence-corrected chi connectivity index (χ1v) is 7.42. The third-order valence-electron chi connectivity index (χ3n) is 3.72.